The predicted octanol–water partition coefficient (Wildman–Crippen LogP) is 1.60. The van der Waals surface area contributed by atoms with Crippen LogP contribution in [0.1, 0.15) is 45.5 Å². The molecular formula is C34H40O14. The Morgan fingerprint density at radius 1 is 0.833 bits per heavy atom. The number of hydrogen-bond donors (Lipinski definition) is 6. The summed E-state index contributed by atoms with van der Waals surface area (Å²) in [6.07, 6.45) is -7.21. The van der Waals surface area contributed by atoms with E-state index in [4.69, 9.17) is 33.2 Å². The Kier molecular flexibility index (Phi) is 11.1. The fourth-order valence-corrected chi connectivity index (χ4v) is 5.81. The summed E-state index contributed by atoms with van der Waals surface area (Å²) in [6, 6.07) is 12.6. The van der Waals surface area contributed by atoms with Gasteiger partial charge >= 0.3 is 5.97 Å². The second-order valence-corrected chi connectivity index (χ2v) is 11.4. The van der Waals surface area contributed by atoms with Crippen molar-refractivity contribution in [1.82, 2.24) is 0 Å². The van der Waals surface area contributed by atoms with Crippen LogP contribution in [0, 0.1) is 0 Å². The number of esters is 1. The monoisotopic (exact) mass is 672 g/mol. The van der Waals surface area contributed by atoms with Crippen LogP contribution in [0.15, 0.2) is 48.5 Å². The number of rotatable bonds is 13. The summed E-state index contributed by atoms with van der Waals surface area (Å²) in [5.41, 5.74) is 2.42. The molecule has 2 heterocycles. The molecule has 260 valence electrons. The molecule has 0 saturated carbocycles. The van der Waals surface area contributed by atoms with E-state index < -0.39 is 55.3 Å². The van der Waals surface area contributed by atoms with Crippen molar-refractivity contribution in [3.63, 3.8) is 0 Å². The lowest BCUT2D eigenvalue weighted by Gasteiger charge is -2.40. The maximum Gasteiger partial charge on any atom is 0.338 e. The molecule has 1 saturated heterocycles. The molecule has 14 nitrogen and oxygen atoms in total. The standard InChI is InChI=1S/C34H40O14/c1-42-24-14-19(6-8-22(24)37)33(41)45-16-27-28(38)29(39)30(40)34(47-27)46-23-9-7-18(13-25(23)43-2)31-21(15-36)20-11-17(5-4-10-35)12-26(44-3)32(20)48-31/h6-9,11-14,21,27-31,34-40H,4-5,10,15-16H2,1-3H3/t21-,27?,28?,29?,30?,31?,34?/m1/s1. The van der Waals surface area contributed by atoms with E-state index in [1.54, 1.807) is 18.2 Å². The first kappa shape index (κ1) is 35.0. The van der Waals surface area contributed by atoms with Crippen LogP contribution >= 0.6 is 0 Å². The smallest absolute Gasteiger partial charge is 0.338 e. The molecule has 5 rings (SSSR count). The molecule has 14 heteroatoms. The quantitative estimate of drug-likeness (QED) is 0.143. The first-order chi connectivity index (χ1) is 23.1. The van der Waals surface area contributed by atoms with E-state index in [-0.39, 0.29) is 41.8 Å². The van der Waals surface area contributed by atoms with Crippen LogP contribution in [-0.2, 0) is 15.9 Å². The fourth-order valence-electron chi connectivity index (χ4n) is 5.81. The lowest BCUT2D eigenvalue weighted by atomic mass is 9.90. The maximum absolute atomic E-state index is 12.6. The van der Waals surface area contributed by atoms with Crippen LogP contribution in [0.5, 0.6) is 34.5 Å². The maximum atomic E-state index is 12.6. The van der Waals surface area contributed by atoms with Crippen LogP contribution in [0.3, 0.4) is 0 Å². The minimum absolute atomic E-state index is 0.0454. The van der Waals surface area contributed by atoms with Gasteiger partial charge in [-0.05, 0) is 60.4 Å². The Hall–Kier alpha value is -4.31. The van der Waals surface area contributed by atoms with Crippen molar-refractivity contribution < 1.29 is 68.6 Å². The largest absolute Gasteiger partial charge is 0.504 e. The fraction of sp³-hybridized carbons (Fsp3) is 0.441. The Morgan fingerprint density at radius 3 is 2.27 bits per heavy atom. The van der Waals surface area contributed by atoms with Gasteiger partial charge in [0, 0.05) is 12.2 Å². The first-order valence-corrected chi connectivity index (χ1v) is 15.3. The Labute approximate surface area is 276 Å². The Bertz CT molecular complexity index is 1580. The van der Waals surface area contributed by atoms with Gasteiger partial charge in [0.1, 0.15) is 37.1 Å². The molecular weight excluding hydrogens is 632 g/mol. The van der Waals surface area contributed by atoms with Gasteiger partial charge in [0.25, 0.3) is 0 Å². The summed E-state index contributed by atoms with van der Waals surface area (Å²) in [5, 5.41) is 61.3. The highest BCUT2D eigenvalue weighted by molar-refractivity contribution is 5.90. The predicted molar refractivity (Wildman–Crippen MR) is 167 cm³/mol. The first-order valence-electron chi connectivity index (χ1n) is 15.3. The van der Waals surface area contributed by atoms with Crippen LogP contribution in [0.25, 0.3) is 0 Å². The summed E-state index contributed by atoms with van der Waals surface area (Å²) in [5.74, 6) is 0.0160. The van der Waals surface area contributed by atoms with Crippen molar-refractivity contribution in [2.45, 2.75) is 55.6 Å². The van der Waals surface area contributed by atoms with E-state index in [0.717, 1.165) is 11.1 Å². The number of carbonyl (C=O) groups is 1. The molecule has 0 bridgehead atoms. The van der Waals surface area contributed by atoms with Gasteiger partial charge < -0.3 is 63.8 Å². The minimum atomic E-state index is -1.71. The number of methoxy groups -OCH3 is 3. The molecule has 0 amide bonds. The zero-order valence-electron chi connectivity index (χ0n) is 26.6. The van der Waals surface area contributed by atoms with E-state index in [2.05, 4.69) is 0 Å². The number of phenols is 1. The van der Waals surface area contributed by atoms with E-state index in [1.165, 1.54) is 39.5 Å². The highest BCUT2D eigenvalue weighted by Crippen LogP contribution is 2.51. The van der Waals surface area contributed by atoms with Crippen molar-refractivity contribution in [2.75, 3.05) is 41.2 Å². The lowest BCUT2D eigenvalue weighted by Crippen LogP contribution is -2.60. The molecule has 0 aromatic heterocycles. The molecule has 3 aromatic rings. The van der Waals surface area contributed by atoms with Crippen LogP contribution in [0.2, 0.25) is 0 Å². The van der Waals surface area contributed by atoms with E-state index in [0.29, 0.717) is 29.9 Å². The molecule has 0 radical (unpaired) electrons. The molecule has 6 unspecified atom stereocenters. The van der Waals surface area contributed by atoms with Gasteiger partial charge in [-0.3, -0.25) is 0 Å². The zero-order valence-corrected chi connectivity index (χ0v) is 26.6. The molecule has 3 aromatic carbocycles. The average molecular weight is 673 g/mol. The summed E-state index contributed by atoms with van der Waals surface area (Å²) in [7, 11) is 4.27. The molecule has 48 heavy (non-hydrogen) atoms. The van der Waals surface area contributed by atoms with Crippen molar-refractivity contribution in [1.29, 1.82) is 0 Å². The number of carbonyl (C=O) groups excluding carboxylic acids is 1. The second kappa shape index (κ2) is 15.3. The number of hydrogen-bond acceptors (Lipinski definition) is 14. The van der Waals surface area contributed by atoms with E-state index in [9.17, 15) is 35.4 Å². The third kappa shape index (κ3) is 7.09. The summed E-state index contributed by atoms with van der Waals surface area (Å²) >= 11 is 0. The van der Waals surface area contributed by atoms with Gasteiger partial charge in [0.2, 0.25) is 6.29 Å². The highest BCUT2D eigenvalue weighted by Gasteiger charge is 2.46. The van der Waals surface area contributed by atoms with Gasteiger partial charge in [-0.2, -0.15) is 0 Å². The number of aromatic hydroxyl groups is 1. The number of aliphatic hydroxyl groups excluding tert-OH is 5. The van der Waals surface area contributed by atoms with Crippen molar-refractivity contribution in [3.05, 3.63) is 70.8 Å². The van der Waals surface area contributed by atoms with Gasteiger partial charge in [-0.1, -0.05) is 12.1 Å². The number of fused-ring (bicyclic) bond motifs is 1. The number of benzene rings is 3. The molecule has 7 atom stereocenters. The topological polar surface area (TPSA) is 203 Å². The SMILES string of the molecule is COc1cc(C(=O)OCC2OC(Oc3ccc(C4Oc5c(OC)cc(CCCO)cc5[C@H]4CO)cc3OC)C(O)C(O)C2O)ccc1O. The number of ether oxygens (including phenoxy) is 7. The second-order valence-electron chi connectivity index (χ2n) is 11.4. The third-order valence-corrected chi connectivity index (χ3v) is 8.42. The van der Waals surface area contributed by atoms with Gasteiger partial charge in [0.05, 0.1) is 39.4 Å². The molecule has 2 aliphatic rings. The van der Waals surface area contributed by atoms with Gasteiger partial charge in [0.15, 0.2) is 34.5 Å². The molecule has 0 spiro atoms. The van der Waals surface area contributed by atoms with Crippen molar-refractivity contribution in [2.24, 2.45) is 0 Å². The normalized spacial score (nSPS) is 24.7. The van der Waals surface area contributed by atoms with Crippen molar-refractivity contribution >= 4 is 5.97 Å². The van der Waals surface area contributed by atoms with Crippen LogP contribution < -0.4 is 23.7 Å². The highest BCUT2D eigenvalue weighted by atomic mass is 16.7. The Balaban J connectivity index is 1.31. The minimum Gasteiger partial charge on any atom is -0.504 e. The summed E-state index contributed by atoms with van der Waals surface area (Å²) in [6.45, 7) is -0.681. The summed E-state index contributed by atoms with van der Waals surface area (Å²) < 4.78 is 39.4. The van der Waals surface area contributed by atoms with Gasteiger partial charge in [-0.15, -0.1) is 0 Å². The van der Waals surface area contributed by atoms with E-state index in [1.807, 2.05) is 12.1 Å². The Morgan fingerprint density at radius 2 is 1.58 bits per heavy atom. The number of aryl methyl sites for hydroxylation is 1. The van der Waals surface area contributed by atoms with Crippen LogP contribution in [-0.4, -0.2) is 108 Å². The molecule has 6 N–H and O–H groups in total. The zero-order chi connectivity index (χ0) is 34.5. The van der Waals surface area contributed by atoms with Crippen LogP contribution in [0.4, 0.5) is 0 Å². The average Bonchev–Trinajstić information content (AvgIpc) is 3.48. The van der Waals surface area contributed by atoms with E-state index >= 15 is 0 Å². The number of phenolic OH excluding ortho intramolecular Hbond substituents is 1. The lowest BCUT2D eigenvalue weighted by molar-refractivity contribution is -0.277. The van der Waals surface area contributed by atoms with Gasteiger partial charge in [-0.25, -0.2) is 4.79 Å². The van der Waals surface area contributed by atoms with Crippen molar-refractivity contribution in [3.8, 4) is 34.5 Å². The molecule has 1 fully saturated rings. The third-order valence-electron chi connectivity index (χ3n) is 8.42. The molecule has 0 aliphatic carbocycles. The molecule has 2 aliphatic heterocycles. The summed E-state index contributed by atoms with van der Waals surface area (Å²) in [4.78, 5) is 12.6. The number of aliphatic hydroxyl groups is 5.